The van der Waals surface area contributed by atoms with E-state index in [0.717, 1.165) is 16.8 Å². The van der Waals surface area contributed by atoms with E-state index < -0.39 is 6.04 Å². The lowest BCUT2D eigenvalue weighted by molar-refractivity contribution is 0.394. The Morgan fingerprint density at radius 1 is 1.33 bits per heavy atom. The molecule has 1 heterocycles. The van der Waals surface area contributed by atoms with Crippen LogP contribution >= 0.6 is 0 Å². The molecule has 0 aliphatic heterocycles. The second-order valence-electron chi connectivity index (χ2n) is 5.30. The van der Waals surface area contributed by atoms with Gasteiger partial charge in [0.2, 0.25) is 0 Å². The Labute approximate surface area is 123 Å². The Bertz CT molecular complexity index is 604. The van der Waals surface area contributed by atoms with Gasteiger partial charge in [0.15, 0.2) is 5.75 Å². The molecule has 0 fully saturated rings. The first-order chi connectivity index (χ1) is 9.97. The molecule has 0 aliphatic rings. The maximum atomic E-state index is 13.7. The van der Waals surface area contributed by atoms with E-state index in [2.05, 4.69) is 10.5 Å². The Kier molecular flexibility index (Phi) is 4.59. The summed E-state index contributed by atoms with van der Waals surface area (Å²) in [4.78, 5) is 0. The topological polar surface area (TPSA) is 65.1 Å². The lowest BCUT2D eigenvalue weighted by atomic mass is 10.0. The number of hydrazine groups is 1. The van der Waals surface area contributed by atoms with Gasteiger partial charge in [-0.3, -0.25) is 10.5 Å². The fourth-order valence-corrected chi connectivity index (χ4v) is 2.46. The minimum absolute atomic E-state index is 0.134. The number of halogens is 1. The molecular formula is C15H21FN4O. The van der Waals surface area contributed by atoms with Crippen LogP contribution in [0.3, 0.4) is 0 Å². The number of ether oxygens (including phenoxy) is 1. The number of methoxy groups -OCH3 is 1. The molecule has 5 nitrogen and oxygen atoms in total. The first-order valence-electron chi connectivity index (χ1n) is 6.82. The van der Waals surface area contributed by atoms with Crippen LogP contribution in [0.15, 0.2) is 24.4 Å². The third-order valence-corrected chi connectivity index (χ3v) is 3.35. The van der Waals surface area contributed by atoms with Gasteiger partial charge in [-0.05, 0) is 44.0 Å². The van der Waals surface area contributed by atoms with Gasteiger partial charge in [0, 0.05) is 6.04 Å². The van der Waals surface area contributed by atoms with E-state index in [1.54, 1.807) is 13.3 Å². The summed E-state index contributed by atoms with van der Waals surface area (Å²) in [6, 6.07) is 4.57. The summed E-state index contributed by atoms with van der Waals surface area (Å²) in [6.45, 7) is 5.87. The zero-order chi connectivity index (χ0) is 15.6. The van der Waals surface area contributed by atoms with Gasteiger partial charge in [0.05, 0.1) is 19.3 Å². The van der Waals surface area contributed by atoms with Gasteiger partial charge in [-0.15, -0.1) is 0 Å². The molecule has 0 saturated carbocycles. The molecule has 0 aliphatic carbocycles. The molecule has 2 rings (SSSR count). The van der Waals surface area contributed by atoms with Crippen molar-refractivity contribution in [1.82, 2.24) is 15.2 Å². The van der Waals surface area contributed by atoms with E-state index in [9.17, 15) is 4.39 Å². The molecule has 3 N–H and O–H groups in total. The van der Waals surface area contributed by atoms with E-state index in [4.69, 9.17) is 10.6 Å². The molecule has 21 heavy (non-hydrogen) atoms. The van der Waals surface area contributed by atoms with Gasteiger partial charge in [-0.25, -0.2) is 9.82 Å². The molecule has 6 heteroatoms. The summed E-state index contributed by atoms with van der Waals surface area (Å²) in [5, 5.41) is 4.33. The highest BCUT2D eigenvalue weighted by molar-refractivity contribution is 5.38. The van der Waals surface area contributed by atoms with E-state index in [1.807, 2.05) is 31.5 Å². The first-order valence-corrected chi connectivity index (χ1v) is 6.82. The molecule has 0 bridgehead atoms. The molecule has 114 valence electrons. The van der Waals surface area contributed by atoms with Gasteiger partial charge in [-0.1, -0.05) is 6.07 Å². The standard InChI is InChI=1S/C15H21FN4O/c1-9(2)20-15(13(21-4)8-18-20)14(19-17)11-5-10(3)6-12(16)7-11/h5-9,14,19H,17H2,1-4H3. The average Bonchev–Trinajstić information content (AvgIpc) is 2.82. The predicted molar refractivity (Wildman–Crippen MR) is 79.5 cm³/mol. The van der Waals surface area contributed by atoms with Crippen LogP contribution in [-0.4, -0.2) is 16.9 Å². The van der Waals surface area contributed by atoms with Crippen LogP contribution in [0.4, 0.5) is 4.39 Å². The SMILES string of the molecule is COc1cnn(C(C)C)c1C(NN)c1cc(C)cc(F)c1. The number of hydrogen-bond donors (Lipinski definition) is 2. The zero-order valence-electron chi connectivity index (χ0n) is 12.7. The molecule has 1 unspecified atom stereocenters. The van der Waals surface area contributed by atoms with E-state index in [1.165, 1.54) is 12.1 Å². The zero-order valence-corrected chi connectivity index (χ0v) is 12.7. The minimum Gasteiger partial charge on any atom is -0.493 e. The molecule has 1 aromatic heterocycles. The average molecular weight is 292 g/mol. The van der Waals surface area contributed by atoms with Crippen molar-refractivity contribution in [3.05, 3.63) is 47.0 Å². The number of rotatable bonds is 5. The third kappa shape index (κ3) is 3.06. The van der Waals surface area contributed by atoms with Gasteiger partial charge >= 0.3 is 0 Å². The van der Waals surface area contributed by atoms with E-state index >= 15 is 0 Å². The number of nitrogens with zero attached hydrogens (tertiary/aromatic N) is 2. The summed E-state index contributed by atoms with van der Waals surface area (Å²) in [5.74, 6) is 6.05. The van der Waals surface area contributed by atoms with Crippen molar-refractivity contribution in [2.24, 2.45) is 5.84 Å². The molecule has 0 amide bonds. The largest absolute Gasteiger partial charge is 0.493 e. The van der Waals surface area contributed by atoms with Crippen molar-refractivity contribution < 1.29 is 9.13 Å². The maximum absolute atomic E-state index is 13.7. The molecule has 0 radical (unpaired) electrons. The van der Waals surface area contributed by atoms with Crippen LogP contribution in [0.25, 0.3) is 0 Å². The molecule has 0 saturated heterocycles. The highest BCUT2D eigenvalue weighted by Gasteiger charge is 2.24. The smallest absolute Gasteiger partial charge is 0.161 e. The number of aromatic nitrogens is 2. The molecule has 1 aromatic carbocycles. The molecule has 2 aromatic rings. The summed E-state index contributed by atoms with van der Waals surface area (Å²) in [6.07, 6.45) is 1.64. The summed E-state index contributed by atoms with van der Waals surface area (Å²) in [7, 11) is 1.58. The normalized spacial score (nSPS) is 12.7. The minimum atomic E-state index is -0.403. The Morgan fingerprint density at radius 2 is 2.05 bits per heavy atom. The first kappa shape index (κ1) is 15.5. The number of hydrogen-bond acceptors (Lipinski definition) is 4. The van der Waals surface area contributed by atoms with Gasteiger partial charge < -0.3 is 4.74 Å². The van der Waals surface area contributed by atoms with Crippen molar-refractivity contribution in [2.75, 3.05) is 7.11 Å². The van der Waals surface area contributed by atoms with Gasteiger partial charge in [0.1, 0.15) is 11.5 Å². The van der Waals surface area contributed by atoms with Crippen LogP contribution in [0.5, 0.6) is 5.75 Å². The highest BCUT2D eigenvalue weighted by Crippen LogP contribution is 2.32. The van der Waals surface area contributed by atoms with Crippen LogP contribution in [0.2, 0.25) is 0 Å². The fourth-order valence-electron chi connectivity index (χ4n) is 2.46. The monoisotopic (exact) mass is 292 g/mol. The van der Waals surface area contributed by atoms with Crippen LogP contribution in [0, 0.1) is 12.7 Å². The van der Waals surface area contributed by atoms with Crippen molar-refractivity contribution in [1.29, 1.82) is 0 Å². The van der Waals surface area contributed by atoms with E-state index in [0.29, 0.717) is 5.75 Å². The summed E-state index contributed by atoms with van der Waals surface area (Å²) >= 11 is 0. The lowest BCUT2D eigenvalue weighted by Crippen LogP contribution is -2.31. The summed E-state index contributed by atoms with van der Waals surface area (Å²) < 4.78 is 20.9. The van der Waals surface area contributed by atoms with Crippen molar-refractivity contribution in [2.45, 2.75) is 32.9 Å². The number of benzene rings is 1. The van der Waals surface area contributed by atoms with Crippen LogP contribution < -0.4 is 16.0 Å². The van der Waals surface area contributed by atoms with Crippen molar-refractivity contribution in [3.63, 3.8) is 0 Å². The Balaban J connectivity index is 2.57. The van der Waals surface area contributed by atoms with E-state index in [-0.39, 0.29) is 11.9 Å². The highest BCUT2D eigenvalue weighted by atomic mass is 19.1. The van der Waals surface area contributed by atoms with Crippen LogP contribution in [-0.2, 0) is 0 Å². The summed E-state index contributed by atoms with van der Waals surface area (Å²) in [5.41, 5.74) is 5.08. The quantitative estimate of drug-likeness (QED) is 0.656. The molecular weight excluding hydrogens is 271 g/mol. The van der Waals surface area contributed by atoms with Gasteiger partial charge in [0.25, 0.3) is 0 Å². The predicted octanol–water partition coefficient (Wildman–Crippen LogP) is 2.47. The van der Waals surface area contributed by atoms with Crippen LogP contribution in [0.1, 0.15) is 42.8 Å². The third-order valence-electron chi connectivity index (χ3n) is 3.35. The molecule has 0 spiro atoms. The van der Waals surface area contributed by atoms with Gasteiger partial charge in [-0.2, -0.15) is 5.10 Å². The number of nitrogens with one attached hydrogen (secondary N) is 1. The Hall–Kier alpha value is -1.92. The second kappa shape index (κ2) is 6.24. The Morgan fingerprint density at radius 3 is 2.57 bits per heavy atom. The number of nitrogens with two attached hydrogens (primary N) is 1. The molecule has 1 atom stereocenters. The number of aryl methyl sites for hydroxylation is 1. The lowest BCUT2D eigenvalue weighted by Gasteiger charge is -2.21. The van der Waals surface area contributed by atoms with Crippen molar-refractivity contribution in [3.8, 4) is 5.75 Å². The second-order valence-corrected chi connectivity index (χ2v) is 5.30. The van der Waals surface area contributed by atoms with Crippen molar-refractivity contribution >= 4 is 0 Å². The maximum Gasteiger partial charge on any atom is 0.161 e. The fraction of sp³-hybridized carbons (Fsp3) is 0.400.